The number of benzene rings is 4. The van der Waals surface area contributed by atoms with Gasteiger partial charge < -0.3 is 0 Å². The van der Waals surface area contributed by atoms with Crippen molar-refractivity contribution in [2.24, 2.45) is 0 Å². The average molecular weight is 563 g/mol. The molecule has 0 atom stereocenters. The number of rotatable bonds is 3. The van der Waals surface area contributed by atoms with E-state index in [9.17, 15) is 0 Å². The van der Waals surface area contributed by atoms with E-state index in [2.05, 4.69) is 104 Å². The van der Waals surface area contributed by atoms with Crippen molar-refractivity contribution in [2.75, 3.05) is 0 Å². The summed E-state index contributed by atoms with van der Waals surface area (Å²) in [6.45, 7) is 9.95. The standard InChI is InChI=1S/C35H30N4Si2/c1-40(2)27-21-13-11-19-25(27)29-30-26-20-12-14-22-28(26)41(3,4)34(30)39(33(29)40)35-37-31(23-15-7-5-8-16-23)36-32(38-35)24-17-9-6-10-18-24/h5-22H,1-4H3. The molecule has 0 fully saturated rings. The van der Waals surface area contributed by atoms with Crippen molar-refractivity contribution in [1.29, 1.82) is 0 Å². The van der Waals surface area contributed by atoms with Crippen molar-refractivity contribution >= 4 is 37.2 Å². The summed E-state index contributed by atoms with van der Waals surface area (Å²) >= 11 is 0. The molecule has 198 valence electrons. The average Bonchev–Trinajstić information content (AvgIpc) is 3.58. The Morgan fingerprint density at radius 3 is 1.29 bits per heavy atom. The zero-order chi connectivity index (χ0) is 27.9. The molecule has 4 heterocycles. The molecule has 4 nitrogen and oxygen atoms in total. The van der Waals surface area contributed by atoms with Gasteiger partial charge in [-0.15, -0.1) is 0 Å². The van der Waals surface area contributed by atoms with Gasteiger partial charge >= 0.3 is 0 Å². The minimum Gasteiger partial charge on any atom is -0.293 e. The quantitative estimate of drug-likeness (QED) is 0.264. The molecule has 2 aliphatic rings. The summed E-state index contributed by atoms with van der Waals surface area (Å²) in [4.78, 5) is 15.5. The van der Waals surface area contributed by atoms with Gasteiger partial charge in [-0.25, -0.2) is 4.98 Å². The zero-order valence-corrected chi connectivity index (χ0v) is 25.7. The van der Waals surface area contributed by atoms with Crippen LogP contribution in [0.1, 0.15) is 0 Å². The third-order valence-electron chi connectivity index (χ3n) is 8.98. The number of hydrogen-bond donors (Lipinski definition) is 0. The predicted molar refractivity (Wildman–Crippen MR) is 174 cm³/mol. The van der Waals surface area contributed by atoms with Gasteiger partial charge in [0.25, 0.3) is 0 Å². The van der Waals surface area contributed by atoms with Gasteiger partial charge in [-0.2, -0.15) is 9.97 Å². The highest BCUT2D eigenvalue weighted by Gasteiger charge is 2.51. The van der Waals surface area contributed by atoms with Gasteiger partial charge in [0.05, 0.1) is 0 Å². The molecule has 2 aliphatic heterocycles. The lowest BCUT2D eigenvalue weighted by molar-refractivity contribution is 0.940. The van der Waals surface area contributed by atoms with Crippen molar-refractivity contribution in [3.05, 3.63) is 109 Å². The van der Waals surface area contributed by atoms with Crippen LogP contribution in [0.5, 0.6) is 0 Å². The van der Waals surface area contributed by atoms with Gasteiger partial charge in [0.15, 0.2) is 11.6 Å². The first kappa shape index (κ1) is 24.4. The summed E-state index contributed by atoms with van der Waals surface area (Å²) in [5, 5.41) is 5.82. The van der Waals surface area contributed by atoms with Crippen molar-refractivity contribution in [2.45, 2.75) is 26.2 Å². The second kappa shape index (κ2) is 8.55. The second-order valence-corrected chi connectivity index (χ2v) is 20.7. The molecule has 0 unspecified atom stereocenters. The van der Waals surface area contributed by atoms with Crippen LogP contribution in [0.4, 0.5) is 0 Å². The molecule has 0 radical (unpaired) electrons. The maximum Gasteiger partial charge on any atom is 0.237 e. The largest absolute Gasteiger partial charge is 0.293 e. The normalized spacial score (nSPS) is 15.2. The van der Waals surface area contributed by atoms with Gasteiger partial charge in [-0.05, 0) is 21.5 Å². The lowest BCUT2D eigenvalue weighted by Crippen LogP contribution is -2.59. The fourth-order valence-corrected chi connectivity index (χ4v) is 13.8. The maximum absolute atomic E-state index is 5.27. The number of nitrogens with zero attached hydrogens (tertiary/aromatic N) is 4. The molecule has 6 heteroatoms. The fraction of sp³-hybridized carbons (Fsp3) is 0.114. The molecular formula is C35H30N4Si2. The molecule has 4 aromatic carbocycles. The molecule has 0 N–H and O–H groups in total. The SMILES string of the molecule is C[Si]1(C)c2ccccc2-c2c3c(n(-c4nc(-c5ccccc5)nc(-c5ccccc5)n4)c21)[Si](C)(C)c1ccccc1-3. The van der Waals surface area contributed by atoms with E-state index < -0.39 is 16.1 Å². The molecule has 0 amide bonds. The Bertz CT molecular complexity index is 1850. The Balaban J connectivity index is 1.52. The summed E-state index contributed by atoms with van der Waals surface area (Å²) in [7, 11) is -4.19. The lowest BCUT2D eigenvalue weighted by atomic mass is 9.99. The Hall–Kier alpha value is -4.40. The monoisotopic (exact) mass is 562 g/mol. The van der Waals surface area contributed by atoms with Gasteiger partial charge in [-0.3, -0.25) is 4.57 Å². The zero-order valence-electron chi connectivity index (χ0n) is 23.7. The second-order valence-electron chi connectivity index (χ2n) is 12.1. The smallest absolute Gasteiger partial charge is 0.237 e. The summed E-state index contributed by atoms with van der Waals surface area (Å²) in [6, 6.07) is 38.7. The highest BCUT2D eigenvalue weighted by Crippen LogP contribution is 2.41. The van der Waals surface area contributed by atoms with Crippen LogP contribution in [0.3, 0.4) is 0 Å². The minimum absolute atomic E-state index is 0.704. The van der Waals surface area contributed by atoms with Crippen LogP contribution in [0.25, 0.3) is 51.0 Å². The number of fused-ring (bicyclic) bond motifs is 7. The third kappa shape index (κ3) is 3.35. The van der Waals surface area contributed by atoms with E-state index in [0.29, 0.717) is 11.6 Å². The predicted octanol–water partition coefficient (Wildman–Crippen LogP) is 5.60. The molecule has 2 aromatic heterocycles. The van der Waals surface area contributed by atoms with Crippen molar-refractivity contribution < 1.29 is 0 Å². The topological polar surface area (TPSA) is 43.6 Å². The van der Waals surface area contributed by atoms with E-state index in [1.807, 2.05) is 36.4 Å². The first-order chi connectivity index (χ1) is 19.9. The summed E-state index contributed by atoms with van der Waals surface area (Å²) < 4.78 is 2.50. The Morgan fingerprint density at radius 1 is 0.463 bits per heavy atom. The fourth-order valence-electron chi connectivity index (χ4n) is 7.13. The van der Waals surface area contributed by atoms with E-state index in [1.54, 1.807) is 0 Å². The van der Waals surface area contributed by atoms with Crippen LogP contribution in [0, 0.1) is 0 Å². The van der Waals surface area contributed by atoms with E-state index >= 15 is 0 Å². The van der Waals surface area contributed by atoms with Crippen molar-refractivity contribution in [3.8, 4) is 51.0 Å². The third-order valence-corrected chi connectivity index (χ3v) is 15.9. The summed E-state index contributed by atoms with van der Waals surface area (Å²) in [5.74, 6) is 2.14. The van der Waals surface area contributed by atoms with Crippen LogP contribution in [0.15, 0.2) is 109 Å². The Morgan fingerprint density at radius 2 is 0.854 bits per heavy atom. The number of aromatic nitrogens is 4. The Labute approximate surface area is 242 Å². The van der Waals surface area contributed by atoms with E-state index in [0.717, 1.165) is 17.1 Å². The lowest BCUT2D eigenvalue weighted by Gasteiger charge is -2.27. The maximum atomic E-state index is 5.27. The van der Waals surface area contributed by atoms with Crippen LogP contribution in [-0.2, 0) is 0 Å². The molecule has 0 spiro atoms. The number of hydrogen-bond acceptors (Lipinski definition) is 3. The van der Waals surface area contributed by atoms with Crippen LogP contribution < -0.4 is 21.0 Å². The Kier molecular flexibility index (Phi) is 5.09. The molecule has 41 heavy (non-hydrogen) atoms. The van der Waals surface area contributed by atoms with Crippen molar-refractivity contribution in [1.82, 2.24) is 19.5 Å². The van der Waals surface area contributed by atoms with Crippen molar-refractivity contribution in [3.63, 3.8) is 0 Å². The van der Waals surface area contributed by atoms with E-state index in [-0.39, 0.29) is 0 Å². The van der Waals surface area contributed by atoms with Gasteiger partial charge in [-0.1, -0.05) is 135 Å². The summed E-state index contributed by atoms with van der Waals surface area (Å²) in [5.41, 5.74) is 7.57. The highest BCUT2D eigenvalue weighted by atomic mass is 28.3. The van der Waals surface area contributed by atoms with Gasteiger partial charge in [0.1, 0.15) is 16.1 Å². The molecule has 0 saturated heterocycles. The van der Waals surface area contributed by atoms with Crippen LogP contribution in [-0.4, -0.2) is 35.7 Å². The van der Waals surface area contributed by atoms with Gasteiger partial charge in [0.2, 0.25) is 5.95 Å². The van der Waals surface area contributed by atoms with Crippen LogP contribution >= 0.6 is 0 Å². The molecule has 8 rings (SSSR count). The minimum atomic E-state index is -2.09. The molecule has 0 saturated carbocycles. The molecular weight excluding hydrogens is 533 g/mol. The molecule has 6 aromatic rings. The van der Waals surface area contributed by atoms with E-state index in [1.165, 1.54) is 43.3 Å². The van der Waals surface area contributed by atoms with E-state index in [4.69, 9.17) is 15.0 Å². The molecule has 0 aliphatic carbocycles. The van der Waals surface area contributed by atoms with Crippen LogP contribution in [0.2, 0.25) is 26.2 Å². The van der Waals surface area contributed by atoms with Gasteiger partial charge in [0, 0.05) is 32.9 Å². The molecule has 0 bridgehead atoms. The highest BCUT2D eigenvalue weighted by molar-refractivity contribution is 7.07. The first-order valence-corrected chi connectivity index (χ1v) is 20.2. The summed E-state index contributed by atoms with van der Waals surface area (Å²) in [6.07, 6.45) is 0. The first-order valence-electron chi connectivity index (χ1n) is 14.2.